The minimum Gasteiger partial charge on any atom is -0.482 e. The third-order valence-corrected chi connectivity index (χ3v) is 4.94. The van der Waals surface area contributed by atoms with Gasteiger partial charge in [0, 0.05) is 5.41 Å². The highest BCUT2D eigenvalue weighted by atomic mass is 16.5. The van der Waals surface area contributed by atoms with Gasteiger partial charge in [0.2, 0.25) is 0 Å². The van der Waals surface area contributed by atoms with Crippen LogP contribution < -0.4 is 9.47 Å². The van der Waals surface area contributed by atoms with Gasteiger partial charge in [0.05, 0.1) is 0 Å². The molecular weight excluding hydrogens is 384 g/mol. The summed E-state index contributed by atoms with van der Waals surface area (Å²) in [5, 5.41) is 17.6. The van der Waals surface area contributed by atoms with E-state index in [0.29, 0.717) is 11.5 Å². The first kappa shape index (κ1) is 20.9. The topological polar surface area (TPSA) is 93.1 Å². The lowest BCUT2D eigenvalue weighted by atomic mass is 9.71. The highest BCUT2D eigenvalue weighted by Crippen LogP contribution is 2.39. The zero-order valence-electron chi connectivity index (χ0n) is 16.4. The van der Waals surface area contributed by atoms with E-state index in [0.717, 1.165) is 16.7 Å². The summed E-state index contributed by atoms with van der Waals surface area (Å²) in [7, 11) is 0. The molecule has 0 heterocycles. The molecule has 154 valence electrons. The van der Waals surface area contributed by atoms with Gasteiger partial charge in [-0.3, -0.25) is 0 Å². The Bertz CT molecular complexity index is 933. The largest absolute Gasteiger partial charge is 0.482 e. The Hall–Kier alpha value is -3.80. The first-order valence-corrected chi connectivity index (χ1v) is 9.35. The molecule has 3 aromatic carbocycles. The van der Waals surface area contributed by atoms with Crippen LogP contribution in [0.2, 0.25) is 0 Å². The third kappa shape index (κ3) is 4.78. The Morgan fingerprint density at radius 1 is 0.667 bits per heavy atom. The zero-order valence-corrected chi connectivity index (χ0v) is 16.4. The summed E-state index contributed by atoms with van der Waals surface area (Å²) < 4.78 is 10.5. The Labute approximate surface area is 174 Å². The first-order chi connectivity index (χ1) is 14.4. The molecule has 0 fully saturated rings. The molecule has 0 aliphatic heterocycles. The Balaban J connectivity index is 1.96. The maximum absolute atomic E-state index is 10.7. The van der Waals surface area contributed by atoms with E-state index in [4.69, 9.17) is 19.7 Å². The summed E-state index contributed by atoms with van der Waals surface area (Å²) in [6.45, 7) is 1.31. The predicted octanol–water partition coefficient (Wildman–Crippen LogP) is 3.97. The molecule has 0 bridgehead atoms. The van der Waals surface area contributed by atoms with Gasteiger partial charge in [-0.2, -0.15) is 0 Å². The average Bonchev–Trinajstić information content (AvgIpc) is 2.77. The van der Waals surface area contributed by atoms with Crippen LogP contribution in [0, 0.1) is 0 Å². The van der Waals surface area contributed by atoms with Gasteiger partial charge in [-0.05, 0) is 47.9 Å². The molecule has 0 aliphatic carbocycles. The van der Waals surface area contributed by atoms with Crippen LogP contribution in [0.15, 0.2) is 78.9 Å². The maximum atomic E-state index is 10.7. The number of rotatable bonds is 9. The van der Waals surface area contributed by atoms with Crippen molar-refractivity contribution < 1.29 is 29.3 Å². The monoisotopic (exact) mass is 406 g/mol. The van der Waals surface area contributed by atoms with Crippen molar-refractivity contribution in [2.24, 2.45) is 0 Å². The zero-order chi connectivity index (χ0) is 21.6. The molecular formula is C24H22O6. The SMILES string of the molecule is CC(c1ccccc1)(c1ccc(OCC(=O)O)cc1)c1ccc(OCC(=O)O)cc1. The number of carboxylic acid groups (broad SMARTS) is 2. The van der Waals surface area contributed by atoms with E-state index >= 15 is 0 Å². The van der Waals surface area contributed by atoms with Gasteiger partial charge in [-0.1, -0.05) is 54.6 Å². The minimum absolute atomic E-state index is 0.396. The Morgan fingerprint density at radius 2 is 1.03 bits per heavy atom. The van der Waals surface area contributed by atoms with Crippen LogP contribution in [0.4, 0.5) is 0 Å². The molecule has 3 rings (SSSR count). The number of ether oxygens (including phenoxy) is 2. The number of carbonyl (C=O) groups is 2. The second-order valence-corrected chi connectivity index (χ2v) is 6.90. The van der Waals surface area contributed by atoms with E-state index in [9.17, 15) is 9.59 Å². The first-order valence-electron chi connectivity index (χ1n) is 9.35. The van der Waals surface area contributed by atoms with Crippen molar-refractivity contribution in [1.82, 2.24) is 0 Å². The molecule has 0 atom stereocenters. The number of benzene rings is 3. The number of hydrogen-bond acceptors (Lipinski definition) is 4. The van der Waals surface area contributed by atoms with Gasteiger partial charge in [0.25, 0.3) is 0 Å². The standard InChI is InChI=1S/C24H22O6/c1-24(17-5-3-2-4-6-17,18-7-11-20(12-8-18)29-15-22(25)26)19-9-13-21(14-10-19)30-16-23(27)28/h2-14H,15-16H2,1H3,(H,25,26)(H,27,28). The molecule has 0 saturated heterocycles. The van der Waals surface area contributed by atoms with E-state index in [2.05, 4.69) is 6.92 Å². The van der Waals surface area contributed by atoms with Crippen molar-refractivity contribution in [3.63, 3.8) is 0 Å². The molecule has 0 aliphatic rings. The maximum Gasteiger partial charge on any atom is 0.341 e. The lowest BCUT2D eigenvalue weighted by Gasteiger charge is -2.32. The van der Waals surface area contributed by atoms with E-state index in [1.807, 2.05) is 54.6 Å². The molecule has 0 amide bonds. The van der Waals surface area contributed by atoms with Crippen LogP contribution in [-0.2, 0) is 15.0 Å². The molecule has 0 unspecified atom stereocenters. The van der Waals surface area contributed by atoms with Crippen LogP contribution >= 0.6 is 0 Å². The Kier molecular flexibility index (Phi) is 6.37. The Morgan fingerprint density at radius 3 is 1.40 bits per heavy atom. The van der Waals surface area contributed by atoms with E-state index in [1.54, 1.807) is 24.3 Å². The molecule has 0 aromatic heterocycles. The fourth-order valence-electron chi connectivity index (χ4n) is 3.33. The number of aliphatic carboxylic acids is 2. The summed E-state index contributed by atoms with van der Waals surface area (Å²) in [6, 6.07) is 24.7. The van der Waals surface area contributed by atoms with Gasteiger partial charge in [-0.25, -0.2) is 9.59 Å². The minimum atomic E-state index is -1.03. The second-order valence-electron chi connectivity index (χ2n) is 6.90. The average molecular weight is 406 g/mol. The molecule has 30 heavy (non-hydrogen) atoms. The summed E-state index contributed by atoms with van der Waals surface area (Å²) in [5.41, 5.74) is 2.56. The third-order valence-electron chi connectivity index (χ3n) is 4.94. The van der Waals surface area contributed by atoms with Crippen molar-refractivity contribution in [1.29, 1.82) is 0 Å². The highest BCUT2D eigenvalue weighted by Gasteiger charge is 2.31. The van der Waals surface area contributed by atoms with Gasteiger partial charge in [0.15, 0.2) is 13.2 Å². The quantitative estimate of drug-likeness (QED) is 0.523. The lowest BCUT2D eigenvalue weighted by molar-refractivity contribution is -0.140. The molecule has 0 saturated carbocycles. The van der Waals surface area contributed by atoms with E-state index < -0.39 is 30.6 Å². The molecule has 6 heteroatoms. The van der Waals surface area contributed by atoms with Crippen molar-refractivity contribution in [3.8, 4) is 11.5 Å². The second kappa shape index (κ2) is 9.13. The fraction of sp³-hybridized carbons (Fsp3) is 0.167. The predicted molar refractivity (Wildman–Crippen MR) is 111 cm³/mol. The number of hydrogen-bond donors (Lipinski definition) is 2. The normalized spacial score (nSPS) is 11.0. The van der Waals surface area contributed by atoms with Crippen LogP contribution in [0.3, 0.4) is 0 Å². The van der Waals surface area contributed by atoms with E-state index in [1.165, 1.54) is 0 Å². The van der Waals surface area contributed by atoms with Gasteiger partial charge in [-0.15, -0.1) is 0 Å². The fourth-order valence-corrected chi connectivity index (χ4v) is 3.33. The summed E-state index contributed by atoms with van der Waals surface area (Å²) in [4.78, 5) is 21.4. The van der Waals surface area contributed by atoms with Crippen molar-refractivity contribution in [2.45, 2.75) is 12.3 Å². The van der Waals surface area contributed by atoms with E-state index in [-0.39, 0.29) is 0 Å². The van der Waals surface area contributed by atoms with Crippen LogP contribution in [0.25, 0.3) is 0 Å². The van der Waals surface area contributed by atoms with Crippen molar-refractivity contribution in [3.05, 3.63) is 95.6 Å². The molecule has 2 N–H and O–H groups in total. The smallest absolute Gasteiger partial charge is 0.341 e. The molecule has 3 aromatic rings. The molecule has 0 radical (unpaired) electrons. The summed E-state index contributed by atoms with van der Waals surface area (Å²) in [6.07, 6.45) is 0. The highest BCUT2D eigenvalue weighted by molar-refractivity contribution is 5.68. The van der Waals surface area contributed by atoms with Gasteiger partial charge in [0.1, 0.15) is 11.5 Å². The van der Waals surface area contributed by atoms with Crippen LogP contribution in [-0.4, -0.2) is 35.4 Å². The lowest BCUT2D eigenvalue weighted by Crippen LogP contribution is -2.25. The molecule has 0 spiro atoms. The molecule has 6 nitrogen and oxygen atoms in total. The van der Waals surface area contributed by atoms with Gasteiger partial charge < -0.3 is 19.7 Å². The summed E-state index contributed by atoms with van der Waals surface area (Å²) in [5.74, 6) is -1.10. The van der Waals surface area contributed by atoms with Crippen molar-refractivity contribution in [2.75, 3.05) is 13.2 Å². The van der Waals surface area contributed by atoms with Crippen LogP contribution in [0.5, 0.6) is 11.5 Å². The van der Waals surface area contributed by atoms with Gasteiger partial charge >= 0.3 is 11.9 Å². The number of carboxylic acids is 2. The van der Waals surface area contributed by atoms with Crippen molar-refractivity contribution >= 4 is 11.9 Å². The summed E-state index contributed by atoms with van der Waals surface area (Å²) >= 11 is 0. The van der Waals surface area contributed by atoms with Crippen LogP contribution in [0.1, 0.15) is 23.6 Å².